The average Bonchev–Trinajstić information content (AvgIpc) is 2.74. The van der Waals surface area contributed by atoms with Gasteiger partial charge in [0.05, 0.1) is 4.91 Å². The van der Waals surface area contributed by atoms with Crippen molar-refractivity contribution in [2.45, 2.75) is 38.6 Å². The fraction of sp³-hybridized carbons (Fsp3) is 0.412. The van der Waals surface area contributed by atoms with Crippen molar-refractivity contribution in [3.63, 3.8) is 0 Å². The Morgan fingerprint density at radius 1 is 1.36 bits per heavy atom. The first-order chi connectivity index (χ1) is 10.3. The highest BCUT2D eigenvalue weighted by Gasteiger charge is 2.34. The van der Waals surface area contributed by atoms with Gasteiger partial charge in [-0.15, -0.1) is 0 Å². The smallest absolute Gasteiger partial charge is 0.290 e. The molecule has 0 bridgehead atoms. The molecule has 2 aliphatic rings. The number of rotatable bonds is 1. The van der Waals surface area contributed by atoms with E-state index in [4.69, 9.17) is 0 Å². The quantitative estimate of drug-likeness (QED) is 0.802. The van der Waals surface area contributed by atoms with Crippen LogP contribution in [0.4, 0.5) is 10.5 Å². The normalized spacial score (nSPS) is 25.4. The summed E-state index contributed by atoms with van der Waals surface area (Å²) in [6.45, 7) is 6.76. The topological polar surface area (TPSA) is 49.4 Å². The molecule has 22 heavy (non-hydrogen) atoms. The van der Waals surface area contributed by atoms with Crippen LogP contribution in [-0.4, -0.2) is 23.7 Å². The van der Waals surface area contributed by atoms with Gasteiger partial charge in [-0.3, -0.25) is 14.9 Å². The van der Waals surface area contributed by atoms with Crippen LogP contribution in [-0.2, 0) is 4.79 Å². The van der Waals surface area contributed by atoms with Crippen molar-refractivity contribution in [3.05, 3.63) is 34.2 Å². The Kier molecular flexibility index (Phi) is 3.56. The molecule has 1 fully saturated rings. The second-order valence-electron chi connectivity index (χ2n) is 6.65. The zero-order valence-electron chi connectivity index (χ0n) is 13.3. The van der Waals surface area contributed by atoms with Gasteiger partial charge >= 0.3 is 0 Å². The summed E-state index contributed by atoms with van der Waals surface area (Å²) in [6.07, 6.45) is 2.88. The number of carbonyl (C=O) groups is 2. The maximum atomic E-state index is 11.7. The molecule has 5 heteroatoms. The molecule has 1 N–H and O–H groups in total. The number of nitrogens with one attached hydrogen (secondary N) is 1. The molecule has 1 saturated heterocycles. The summed E-state index contributed by atoms with van der Waals surface area (Å²) in [7, 11) is 2.13. The molecule has 0 unspecified atom stereocenters. The molecule has 0 aliphatic carbocycles. The lowest BCUT2D eigenvalue weighted by molar-refractivity contribution is -0.115. The molecule has 1 atom stereocenters. The Morgan fingerprint density at radius 2 is 2.09 bits per heavy atom. The number of thioether (sulfide) groups is 1. The van der Waals surface area contributed by atoms with Gasteiger partial charge in [-0.05, 0) is 67.3 Å². The Labute approximate surface area is 135 Å². The lowest BCUT2D eigenvalue weighted by Gasteiger charge is -2.45. The van der Waals surface area contributed by atoms with Gasteiger partial charge in [-0.1, -0.05) is 13.0 Å². The molecule has 4 nitrogen and oxygen atoms in total. The van der Waals surface area contributed by atoms with Crippen molar-refractivity contribution in [1.29, 1.82) is 0 Å². The second-order valence-corrected chi connectivity index (χ2v) is 7.66. The number of anilines is 1. The van der Waals surface area contributed by atoms with Gasteiger partial charge in [0.25, 0.3) is 11.1 Å². The van der Waals surface area contributed by atoms with Crippen LogP contribution in [0.25, 0.3) is 6.08 Å². The number of hydrogen-bond donors (Lipinski definition) is 1. The van der Waals surface area contributed by atoms with E-state index in [9.17, 15) is 9.59 Å². The molecule has 1 aromatic rings. The minimum Gasteiger partial charge on any atom is -0.369 e. The molecular weight excluding hydrogens is 296 g/mol. The molecule has 2 aliphatic heterocycles. The van der Waals surface area contributed by atoms with Gasteiger partial charge in [0, 0.05) is 18.3 Å². The van der Waals surface area contributed by atoms with E-state index in [0.717, 1.165) is 23.7 Å². The average molecular weight is 316 g/mol. The van der Waals surface area contributed by atoms with E-state index in [1.54, 1.807) is 6.08 Å². The second kappa shape index (κ2) is 5.16. The van der Waals surface area contributed by atoms with Crippen molar-refractivity contribution >= 4 is 34.7 Å². The first-order valence-corrected chi connectivity index (χ1v) is 8.22. The van der Waals surface area contributed by atoms with E-state index in [2.05, 4.69) is 50.2 Å². The molecule has 1 aromatic carbocycles. The molecule has 2 amide bonds. The number of benzene rings is 1. The number of imide groups is 1. The maximum Gasteiger partial charge on any atom is 0.290 e. The van der Waals surface area contributed by atoms with Crippen molar-refractivity contribution in [2.24, 2.45) is 0 Å². The van der Waals surface area contributed by atoms with Crippen LogP contribution in [0.15, 0.2) is 23.1 Å². The number of fused-ring (bicyclic) bond motifs is 1. The molecule has 116 valence electrons. The Balaban J connectivity index is 1.98. The highest BCUT2D eigenvalue weighted by atomic mass is 32.2. The minimum absolute atomic E-state index is 0.139. The van der Waals surface area contributed by atoms with Crippen molar-refractivity contribution in [3.8, 4) is 0 Å². The lowest BCUT2D eigenvalue weighted by Crippen LogP contribution is -2.45. The number of nitrogens with zero attached hydrogens (tertiary/aromatic N) is 1. The lowest BCUT2D eigenvalue weighted by atomic mass is 9.80. The third kappa shape index (κ3) is 2.54. The zero-order chi connectivity index (χ0) is 16.1. The fourth-order valence-electron chi connectivity index (χ4n) is 3.26. The van der Waals surface area contributed by atoms with Crippen LogP contribution < -0.4 is 10.2 Å². The van der Waals surface area contributed by atoms with Crippen molar-refractivity contribution < 1.29 is 9.59 Å². The summed E-state index contributed by atoms with van der Waals surface area (Å²) in [5.41, 5.74) is 3.64. The molecule has 0 saturated carbocycles. The number of hydrogen-bond acceptors (Lipinski definition) is 4. The summed E-state index contributed by atoms with van der Waals surface area (Å²) >= 11 is 0.958. The van der Waals surface area contributed by atoms with Gasteiger partial charge in [-0.2, -0.15) is 0 Å². The number of amides is 2. The van der Waals surface area contributed by atoms with Gasteiger partial charge in [0.1, 0.15) is 0 Å². The van der Waals surface area contributed by atoms with Gasteiger partial charge in [0.2, 0.25) is 0 Å². The first-order valence-electron chi connectivity index (χ1n) is 7.40. The molecular formula is C17H20N2O2S. The van der Waals surface area contributed by atoms with Crippen LogP contribution in [0.3, 0.4) is 0 Å². The van der Waals surface area contributed by atoms with Crippen LogP contribution in [0, 0.1) is 0 Å². The van der Waals surface area contributed by atoms with Crippen LogP contribution in [0.1, 0.15) is 44.2 Å². The van der Waals surface area contributed by atoms with Crippen LogP contribution in [0.2, 0.25) is 0 Å². The van der Waals surface area contributed by atoms with E-state index in [1.165, 1.54) is 11.3 Å². The van der Waals surface area contributed by atoms with Crippen molar-refractivity contribution in [1.82, 2.24) is 5.32 Å². The Hall–Kier alpha value is -1.75. The van der Waals surface area contributed by atoms with E-state index >= 15 is 0 Å². The van der Waals surface area contributed by atoms with Crippen LogP contribution >= 0.6 is 11.8 Å². The van der Waals surface area contributed by atoms with Gasteiger partial charge < -0.3 is 4.90 Å². The predicted octanol–water partition coefficient (Wildman–Crippen LogP) is 3.73. The predicted molar refractivity (Wildman–Crippen MR) is 91.1 cm³/mol. The van der Waals surface area contributed by atoms with Gasteiger partial charge in [0.15, 0.2) is 0 Å². The summed E-state index contributed by atoms with van der Waals surface area (Å²) in [5, 5.41) is 1.98. The fourth-order valence-corrected chi connectivity index (χ4v) is 3.94. The Morgan fingerprint density at radius 3 is 2.73 bits per heavy atom. The monoisotopic (exact) mass is 316 g/mol. The Bertz CT molecular complexity index is 694. The van der Waals surface area contributed by atoms with Gasteiger partial charge in [-0.25, -0.2) is 0 Å². The summed E-state index contributed by atoms with van der Waals surface area (Å²) in [4.78, 5) is 25.7. The first kappa shape index (κ1) is 15.2. The van der Waals surface area contributed by atoms with Crippen LogP contribution in [0.5, 0.6) is 0 Å². The standard InChI is InChI=1S/C17H20N2O2S/c1-10-9-17(2,3)19(4)13-6-5-11(7-12(10)13)8-14-15(20)18-16(21)22-14/h5-8,10H,9H2,1-4H3,(H,18,20,21)/b14-8+/t10-/m0/s1. The van der Waals surface area contributed by atoms with E-state index < -0.39 is 0 Å². The molecule has 2 heterocycles. The summed E-state index contributed by atoms with van der Waals surface area (Å²) in [5.74, 6) is 0.158. The highest BCUT2D eigenvalue weighted by Crippen LogP contribution is 2.43. The van der Waals surface area contributed by atoms with E-state index in [1.807, 2.05) is 6.07 Å². The van der Waals surface area contributed by atoms with E-state index in [0.29, 0.717) is 10.8 Å². The molecule has 0 aromatic heterocycles. The van der Waals surface area contributed by atoms with Crippen molar-refractivity contribution in [2.75, 3.05) is 11.9 Å². The number of carbonyl (C=O) groups excluding carboxylic acids is 2. The molecule has 0 radical (unpaired) electrons. The molecule has 0 spiro atoms. The zero-order valence-corrected chi connectivity index (χ0v) is 14.1. The maximum absolute atomic E-state index is 11.7. The largest absolute Gasteiger partial charge is 0.369 e. The van der Waals surface area contributed by atoms with E-state index in [-0.39, 0.29) is 16.7 Å². The highest BCUT2D eigenvalue weighted by molar-refractivity contribution is 8.18. The SMILES string of the molecule is C[C@H]1CC(C)(C)N(C)c2ccc(/C=C3/SC(=O)NC3=O)cc21. The summed E-state index contributed by atoms with van der Waals surface area (Å²) < 4.78 is 0. The third-order valence-corrected chi connectivity index (χ3v) is 5.41. The summed E-state index contributed by atoms with van der Waals surface area (Å²) in [6, 6.07) is 6.25. The minimum atomic E-state index is -0.306. The molecule has 3 rings (SSSR count). The third-order valence-electron chi connectivity index (χ3n) is 4.60.